The van der Waals surface area contributed by atoms with Crippen LogP contribution < -0.4 is 10.1 Å². The van der Waals surface area contributed by atoms with Gasteiger partial charge < -0.3 is 19.6 Å². The van der Waals surface area contributed by atoms with Crippen LogP contribution >= 0.6 is 11.3 Å². The van der Waals surface area contributed by atoms with Gasteiger partial charge in [-0.2, -0.15) is 0 Å². The largest absolute Gasteiger partial charge is 0.504 e. The summed E-state index contributed by atoms with van der Waals surface area (Å²) in [5.41, 5.74) is 1.06. The van der Waals surface area contributed by atoms with E-state index in [4.69, 9.17) is 9.15 Å². The zero-order valence-corrected chi connectivity index (χ0v) is 13.8. The standard InChI is InChI=1S/C17H16N2O4S/c1-2-22-13-8-11(5-6-12(13)20)9-18-17(21)15-16(23-10-19-15)14-4-3-7-24-14/h3-8,10,20H,2,9H2,1H3,(H,18,21). The summed E-state index contributed by atoms with van der Waals surface area (Å²) >= 11 is 1.48. The molecule has 124 valence electrons. The molecule has 3 rings (SSSR count). The molecule has 0 fully saturated rings. The van der Waals surface area contributed by atoms with Crippen molar-refractivity contribution in [3.63, 3.8) is 0 Å². The van der Waals surface area contributed by atoms with Gasteiger partial charge in [0.05, 0.1) is 11.5 Å². The van der Waals surface area contributed by atoms with Crippen LogP contribution in [0.5, 0.6) is 11.5 Å². The van der Waals surface area contributed by atoms with Gasteiger partial charge in [-0.25, -0.2) is 4.98 Å². The number of thiophene rings is 1. The first-order valence-corrected chi connectivity index (χ1v) is 8.27. The Balaban J connectivity index is 1.71. The Hall–Kier alpha value is -2.80. The van der Waals surface area contributed by atoms with E-state index in [1.165, 1.54) is 17.7 Å². The number of phenols is 1. The number of nitrogens with one attached hydrogen (secondary N) is 1. The third kappa shape index (κ3) is 3.41. The molecule has 1 aromatic carbocycles. The number of aromatic hydroxyl groups is 1. The molecule has 0 bridgehead atoms. The first kappa shape index (κ1) is 16.1. The van der Waals surface area contributed by atoms with Gasteiger partial charge in [0.2, 0.25) is 0 Å². The number of phenolic OH excluding ortho intramolecular Hbond substituents is 1. The first-order chi connectivity index (χ1) is 11.7. The first-order valence-electron chi connectivity index (χ1n) is 7.39. The zero-order valence-electron chi connectivity index (χ0n) is 13.0. The highest BCUT2D eigenvalue weighted by Crippen LogP contribution is 2.28. The second-order valence-corrected chi connectivity index (χ2v) is 5.87. The maximum absolute atomic E-state index is 12.4. The van der Waals surface area contributed by atoms with Crippen molar-refractivity contribution >= 4 is 17.2 Å². The Morgan fingerprint density at radius 2 is 2.29 bits per heavy atom. The molecular formula is C17H16N2O4S. The van der Waals surface area contributed by atoms with Gasteiger partial charge >= 0.3 is 0 Å². The van der Waals surface area contributed by atoms with Crippen LogP contribution in [0.2, 0.25) is 0 Å². The SMILES string of the molecule is CCOc1cc(CNC(=O)c2ncoc2-c2cccs2)ccc1O. The zero-order chi connectivity index (χ0) is 16.9. The monoisotopic (exact) mass is 344 g/mol. The average Bonchev–Trinajstić information content (AvgIpc) is 3.26. The van der Waals surface area contributed by atoms with Crippen LogP contribution in [0, 0.1) is 0 Å². The Labute approximate surface area is 142 Å². The van der Waals surface area contributed by atoms with Crippen LogP contribution in [0.15, 0.2) is 46.5 Å². The number of carbonyl (C=O) groups is 1. The number of oxazole rings is 1. The van der Waals surface area contributed by atoms with Gasteiger partial charge in [0, 0.05) is 6.54 Å². The molecule has 2 heterocycles. The lowest BCUT2D eigenvalue weighted by Crippen LogP contribution is -2.23. The van der Waals surface area contributed by atoms with E-state index >= 15 is 0 Å². The number of nitrogens with zero attached hydrogens (tertiary/aromatic N) is 1. The van der Waals surface area contributed by atoms with E-state index in [1.807, 2.05) is 24.4 Å². The minimum Gasteiger partial charge on any atom is -0.504 e. The van der Waals surface area contributed by atoms with E-state index < -0.39 is 0 Å². The topological polar surface area (TPSA) is 84.6 Å². The minimum atomic E-state index is -0.321. The number of ether oxygens (including phenoxy) is 1. The van der Waals surface area contributed by atoms with E-state index in [0.29, 0.717) is 18.1 Å². The fourth-order valence-corrected chi connectivity index (χ4v) is 2.91. The fraction of sp³-hybridized carbons (Fsp3) is 0.176. The number of hydrogen-bond acceptors (Lipinski definition) is 6. The molecule has 2 N–H and O–H groups in total. The van der Waals surface area contributed by atoms with Gasteiger partial charge in [0.1, 0.15) is 0 Å². The molecule has 0 spiro atoms. The second-order valence-electron chi connectivity index (χ2n) is 4.93. The van der Waals surface area contributed by atoms with Gasteiger partial charge in [0.25, 0.3) is 5.91 Å². The second kappa shape index (κ2) is 7.18. The number of hydrogen-bond donors (Lipinski definition) is 2. The quantitative estimate of drug-likeness (QED) is 0.715. The number of rotatable bonds is 6. The molecule has 0 atom stereocenters. The summed E-state index contributed by atoms with van der Waals surface area (Å²) in [5.74, 6) is 0.606. The Bertz CT molecular complexity index is 827. The fourth-order valence-electron chi connectivity index (χ4n) is 2.20. The van der Waals surface area contributed by atoms with Crippen LogP contribution in [0.25, 0.3) is 10.6 Å². The van der Waals surface area contributed by atoms with Crippen LogP contribution in [0.4, 0.5) is 0 Å². The van der Waals surface area contributed by atoms with Crippen LogP contribution in [0.3, 0.4) is 0 Å². The molecule has 0 radical (unpaired) electrons. The maximum atomic E-state index is 12.4. The summed E-state index contributed by atoms with van der Waals surface area (Å²) in [4.78, 5) is 17.2. The molecule has 6 nitrogen and oxygen atoms in total. The van der Waals surface area contributed by atoms with Crippen LogP contribution in [0.1, 0.15) is 23.0 Å². The summed E-state index contributed by atoms with van der Waals surface area (Å²) in [7, 11) is 0. The minimum absolute atomic E-state index is 0.0726. The van der Waals surface area contributed by atoms with Crippen LogP contribution in [-0.4, -0.2) is 22.6 Å². The summed E-state index contributed by atoms with van der Waals surface area (Å²) in [6, 6.07) is 8.72. The predicted molar refractivity (Wildman–Crippen MR) is 90.3 cm³/mol. The van der Waals surface area contributed by atoms with E-state index in [0.717, 1.165) is 10.4 Å². The molecule has 0 saturated carbocycles. The van der Waals surface area contributed by atoms with Crippen molar-refractivity contribution in [2.45, 2.75) is 13.5 Å². The Morgan fingerprint density at radius 3 is 3.04 bits per heavy atom. The summed E-state index contributed by atoms with van der Waals surface area (Å²) in [5, 5.41) is 14.4. The van der Waals surface area contributed by atoms with Gasteiger partial charge in [-0.15, -0.1) is 11.3 Å². The summed E-state index contributed by atoms with van der Waals surface area (Å²) < 4.78 is 10.7. The smallest absolute Gasteiger partial charge is 0.274 e. The molecule has 0 saturated heterocycles. The molecular weight excluding hydrogens is 328 g/mol. The molecule has 0 aliphatic heterocycles. The van der Waals surface area contributed by atoms with Crippen molar-refractivity contribution < 1.29 is 19.1 Å². The van der Waals surface area contributed by atoms with E-state index in [-0.39, 0.29) is 23.9 Å². The highest BCUT2D eigenvalue weighted by Gasteiger charge is 2.18. The maximum Gasteiger partial charge on any atom is 0.274 e. The van der Waals surface area contributed by atoms with Gasteiger partial charge in [-0.1, -0.05) is 12.1 Å². The van der Waals surface area contributed by atoms with Crippen molar-refractivity contribution in [2.75, 3.05) is 6.61 Å². The number of carbonyl (C=O) groups excluding carboxylic acids is 1. The lowest BCUT2D eigenvalue weighted by atomic mass is 10.2. The molecule has 24 heavy (non-hydrogen) atoms. The third-order valence-electron chi connectivity index (χ3n) is 3.30. The van der Waals surface area contributed by atoms with Crippen molar-refractivity contribution in [3.8, 4) is 22.1 Å². The number of benzene rings is 1. The molecule has 0 aliphatic rings. The number of aromatic nitrogens is 1. The molecule has 2 aromatic heterocycles. The lowest BCUT2D eigenvalue weighted by molar-refractivity contribution is 0.0946. The molecule has 3 aromatic rings. The number of amides is 1. The third-order valence-corrected chi connectivity index (χ3v) is 4.17. The predicted octanol–water partition coefficient (Wildman–Crippen LogP) is 3.44. The van der Waals surface area contributed by atoms with Crippen molar-refractivity contribution in [1.29, 1.82) is 0 Å². The van der Waals surface area contributed by atoms with Gasteiger partial charge in [-0.05, 0) is 36.1 Å². The Kier molecular flexibility index (Phi) is 4.81. The summed E-state index contributed by atoms with van der Waals surface area (Å²) in [6.07, 6.45) is 1.26. The van der Waals surface area contributed by atoms with Gasteiger partial charge in [0.15, 0.2) is 29.3 Å². The molecule has 7 heteroatoms. The molecule has 0 aliphatic carbocycles. The Morgan fingerprint density at radius 1 is 1.42 bits per heavy atom. The van der Waals surface area contributed by atoms with E-state index in [2.05, 4.69) is 10.3 Å². The average molecular weight is 344 g/mol. The summed E-state index contributed by atoms with van der Waals surface area (Å²) in [6.45, 7) is 2.58. The van der Waals surface area contributed by atoms with Crippen LogP contribution in [-0.2, 0) is 6.54 Å². The highest BCUT2D eigenvalue weighted by molar-refractivity contribution is 7.13. The van der Waals surface area contributed by atoms with E-state index in [1.54, 1.807) is 18.2 Å². The lowest BCUT2D eigenvalue weighted by Gasteiger charge is -2.09. The van der Waals surface area contributed by atoms with E-state index in [9.17, 15) is 9.90 Å². The molecule has 1 amide bonds. The van der Waals surface area contributed by atoms with Crippen molar-refractivity contribution in [2.24, 2.45) is 0 Å². The van der Waals surface area contributed by atoms with Crippen molar-refractivity contribution in [1.82, 2.24) is 10.3 Å². The van der Waals surface area contributed by atoms with Gasteiger partial charge in [-0.3, -0.25) is 4.79 Å². The van der Waals surface area contributed by atoms with Crippen molar-refractivity contribution in [3.05, 3.63) is 53.4 Å². The highest BCUT2D eigenvalue weighted by atomic mass is 32.1. The normalized spacial score (nSPS) is 10.5. The molecule has 0 unspecified atom stereocenters.